The highest BCUT2D eigenvalue weighted by Gasteiger charge is 2.30. The van der Waals surface area contributed by atoms with Crippen LogP contribution in [0.2, 0.25) is 0 Å². The van der Waals surface area contributed by atoms with Crippen molar-refractivity contribution in [3.05, 3.63) is 35.4 Å². The average Bonchev–Trinajstić information content (AvgIpc) is 2.43. The maximum atomic E-state index is 11.7. The fourth-order valence-electron chi connectivity index (χ4n) is 1.83. The van der Waals surface area contributed by atoms with E-state index in [2.05, 4.69) is 0 Å². The number of hydrogen-bond donors (Lipinski definition) is 1. The van der Waals surface area contributed by atoms with E-state index >= 15 is 0 Å². The van der Waals surface area contributed by atoms with Crippen LogP contribution in [0.15, 0.2) is 24.3 Å². The number of hydrogen-bond acceptors (Lipinski definition) is 4. The normalized spacial score (nSPS) is 10.9. The molecule has 5 heteroatoms. The molecule has 0 aliphatic rings. The molecule has 0 saturated heterocycles. The molecule has 0 aliphatic heterocycles. The molecule has 0 unspecified atom stereocenters. The van der Waals surface area contributed by atoms with Gasteiger partial charge < -0.3 is 9.84 Å². The number of carbonyl (C=O) groups excluding carboxylic acids is 2. The minimum Gasteiger partial charge on any atom is -0.476 e. The Bertz CT molecular complexity index is 514. The van der Waals surface area contributed by atoms with E-state index in [1.54, 1.807) is 38.1 Å². The Balaban J connectivity index is 2.77. The summed E-state index contributed by atoms with van der Waals surface area (Å²) in [5, 5.41) is 8.50. The molecule has 0 radical (unpaired) electrons. The molecule has 0 saturated carbocycles. The van der Waals surface area contributed by atoms with Gasteiger partial charge in [-0.2, -0.15) is 0 Å². The van der Waals surface area contributed by atoms with Crippen molar-refractivity contribution in [1.29, 1.82) is 0 Å². The number of carboxylic acid groups (broad SMARTS) is 1. The smallest absolute Gasteiger partial charge is 0.372 e. The summed E-state index contributed by atoms with van der Waals surface area (Å²) in [5.74, 6) is -2.54. The minimum atomic E-state index is -1.41. The Kier molecular flexibility index (Phi) is 5.02. The lowest BCUT2D eigenvalue weighted by atomic mass is 9.84. The molecule has 0 aromatic heterocycles. The number of carboxylic acids is 1. The van der Waals surface area contributed by atoms with Crippen LogP contribution in [-0.2, 0) is 31.0 Å². The van der Waals surface area contributed by atoms with Crippen molar-refractivity contribution in [2.24, 2.45) is 0 Å². The monoisotopic (exact) mass is 278 g/mol. The quantitative estimate of drug-likeness (QED) is 0.633. The first-order chi connectivity index (χ1) is 9.28. The van der Waals surface area contributed by atoms with Crippen molar-refractivity contribution >= 4 is 17.7 Å². The number of esters is 1. The number of aliphatic carboxylic acids is 1. The maximum absolute atomic E-state index is 11.7. The summed E-state index contributed by atoms with van der Waals surface area (Å²) in [5.41, 5.74) is 0.908. The largest absolute Gasteiger partial charge is 0.476 e. The fraction of sp³-hybridized carbons (Fsp3) is 0.400. The van der Waals surface area contributed by atoms with E-state index in [1.165, 1.54) is 7.11 Å². The third-order valence-electron chi connectivity index (χ3n) is 3.25. The second kappa shape index (κ2) is 6.32. The van der Waals surface area contributed by atoms with Crippen molar-refractivity contribution < 1.29 is 24.2 Å². The number of ether oxygens (including phenoxy) is 1. The zero-order valence-corrected chi connectivity index (χ0v) is 11.8. The molecule has 5 nitrogen and oxygen atoms in total. The Labute approximate surface area is 117 Å². The fourth-order valence-corrected chi connectivity index (χ4v) is 1.83. The molecular formula is C15H18O5. The van der Waals surface area contributed by atoms with E-state index in [9.17, 15) is 14.4 Å². The minimum absolute atomic E-state index is 0.0327. The van der Waals surface area contributed by atoms with Gasteiger partial charge in [0.05, 0.1) is 12.5 Å². The molecule has 0 atom stereocenters. The van der Waals surface area contributed by atoms with Gasteiger partial charge in [0.15, 0.2) is 0 Å². The van der Waals surface area contributed by atoms with Crippen molar-refractivity contribution in [2.75, 3.05) is 7.11 Å². The molecule has 0 aliphatic carbocycles. The number of benzene rings is 1. The van der Waals surface area contributed by atoms with Crippen molar-refractivity contribution in [3.63, 3.8) is 0 Å². The molecule has 1 rings (SSSR count). The van der Waals surface area contributed by atoms with E-state index in [4.69, 9.17) is 9.84 Å². The van der Waals surface area contributed by atoms with E-state index in [0.717, 1.165) is 11.1 Å². The zero-order chi connectivity index (χ0) is 15.3. The molecule has 0 spiro atoms. The number of Topliss-reactive ketones (excluding diaryl/α,β-unsaturated/α-hetero) is 1. The number of methoxy groups -OCH3 is 1. The van der Waals surface area contributed by atoms with Crippen LogP contribution in [0.4, 0.5) is 0 Å². The van der Waals surface area contributed by atoms with Gasteiger partial charge in [-0.05, 0) is 31.4 Å². The maximum Gasteiger partial charge on any atom is 0.372 e. The summed E-state index contributed by atoms with van der Waals surface area (Å²) in [6, 6.07) is 7.15. The Morgan fingerprint density at radius 3 is 2.15 bits per heavy atom. The second-order valence-electron chi connectivity index (χ2n) is 5.04. The first-order valence-electron chi connectivity index (χ1n) is 6.23. The van der Waals surface area contributed by atoms with Gasteiger partial charge in [-0.1, -0.05) is 24.3 Å². The molecule has 0 fully saturated rings. The van der Waals surface area contributed by atoms with Crippen LogP contribution < -0.4 is 0 Å². The highest BCUT2D eigenvalue weighted by Crippen LogP contribution is 2.25. The molecular weight excluding hydrogens is 260 g/mol. The molecule has 1 N–H and O–H groups in total. The topological polar surface area (TPSA) is 80.7 Å². The standard InChI is InChI=1S/C15H18O5/c1-15(2,14(19)20-3)11-7-4-10(5-8-11)6-9-12(16)13(17)18/h4-5,7-8H,6,9H2,1-3H3,(H,17,18). The molecule has 1 aromatic rings. The zero-order valence-electron chi connectivity index (χ0n) is 11.8. The van der Waals surface area contributed by atoms with Gasteiger partial charge in [0.2, 0.25) is 5.78 Å². The molecule has 0 bridgehead atoms. The lowest BCUT2D eigenvalue weighted by Crippen LogP contribution is -2.30. The lowest BCUT2D eigenvalue weighted by Gasteiger charge is -2.22. The highest BCUT2D eigenvalue weighted by molar-refractivity contribution is 6.32. The van der Waals surface area contributed by atoms with Gasteiger partial charge in [0.25, 0.3) is 0 Å². The van der Waals surface area contributed by atoms with Gasteiger partial charge in [-0.3, -0.25) is 9.59 Å². The predicted octanol–water partition coefficient (Wildman–Crippen LogP) is 1.72. The summed E-state index contributed by atoms with van der Waals surface area (Å²) >= 11 is 0. The number of aryl methyl sites for hydroxylation is 1. The predicted molar refractivity (Wildman–Crippen MR) is 72.4 cm³/mol. The van der Waals surface area contributed by atoms with Crippen molar-refractivity contribution in [2.45, 2.75) is 32.1 Å². The number of rotatable bonds is 6. The van der Waals surface area contributed by atoms with Gasteiger partial charge in [0.1, 0.15) is 0 Å². The average molecular weight is 278 g/mol. The summed E-state index contributed by atoms with van der Waals surface area (Å²) in [6.45, 7) is 3.53. The number of carbonyl (C=O) groups is 3. The first kappa shape index (κ1) is 15.9. The van der Waals surface area contributed by atoms with Crippen molar-refractivity contribution in [3.8, 4) is 0 Å². The molecule has 20 heavy (non-hydrogen) atoms. The third kappa shape index (κ3) is 3.66. The van der Waals surface area contributed by atoms with E-state index in [1.807, 2.05) is 0 Å². The van der Waals surface area contributed by atoms with Crippen LogP contribution in [0.25, 0.3) is 0 Å². The van der Waals surface area contributed by atoms with Crippen LogP contribution in [0, 0.1) is 0 Å². The van der Waals surface area contributed by atoms with Crippen LogP contribution in [0.1, 0.15) is 31.4 Å². The van der Waals surface area contributed by atoms with E-state index in [0.29, 0.717) is 6.42 Å². The molecule has 108 valence electrons. The second-order valence-corrected chi connectivity index (χ2v) is 5.04. The van der Waals surface area contributed by atoms with Crippen LogP contribution in [0.5, 0.6) is 0 Å². The number of ketones is 1. The summed E-state index contributed by atoms with van der Waals surface area (Å²) in [4.78, 5) is 33.1. The Morgan fingerprint density at radius 2 is 1.70 bits per heavy atom. The van der Waals surface area contributed by atoms with Gasteiger partial charge in [-0.25, -0.2) is 4.79 Å². The van der Waals surface area contributed by atoms with Gasteiger partial charge >= 0.3 is 11.9 Å². The molecule has 1 aromatic carbocycles. The SMILES string of the molecule is COC(=O)C(C)(C)c1ccc(CCC(=O)C(=O)O)cc1. The highest BCUT2D eigenvalue weighted by atomic mass is 16.5. The van der Waals surface area contributed by atoms with Gasteiger partial charge in [-0.15, -0.1) is 0 Å². The van der Waals surface area contributed by atoms with Gasteiger partial charge in [0, 0.05) is 6.42 Å². The Hall–Kier alpha value is -2.17. The summed E-state index contributed by atoms with van der Waals surface area (Å²) in [6.07, 6.45) is 0.332. The van der Waals surface area contributed by atoms with Crippen LogP contribution >= 0.6 is 0 Å². The van der Waals surface area contributed by atoms with E-state index < -0.39 is 17.2 Å². The molecule has 0 amide bonds. The first-order valence-corrected chi connectivity index (χ1v) is 6.23. The summed E-state index contributed by atoms with van der Waals surface area (Å²) < 4.78 is 4.76. The van der Waals surface area contributed by atoms with Crippen molar-refractivity contribution in [1.82, 2.24) is 0 Å². The van der Waals surface area contributed by atoms with Crippen LogP contribution in [-0.4, -0.2) is 29.9 Å². The Morgan fingerprint density at radius 1 is 1.15 bits per heavy atom. The van der Waals surface area contributed by atoms with Crippen LogP contribution in [0.3, 0.4) is 0 Å². The lowest BCUT2D eigenvalue weighted by molar-refractivity contribution is -0.149. The molecule has 0 heterocycles. The third-order valence-corrected chi connectivity index (χ3v) is 3.25. The van der Waals surface area contributed by atoms with E-state index in [-0.39, 0.29) is 12.4 Å². The summed E-state index contributed by atoms with van der Waals surface area (Å²) in [7, 11) is 1.34.